The molecule has 3 rings (SSSR count). The van der Waals surface area contributed by atoms with Gasteiger partial charge in [0.1, 0.15) is 0 Å². The van der Waals surface area contributed by atoms with Gasteiger partial charge in [0.25, 0.3) is 5.91 Å². The minimum absolute atomic E-state index is 0.00194. The molecule has 2 amide bonds. The third kappa shape index (κ3) is 5.82. The Bertz CT molecular complexity index is 792. The number of anilines is 1. The highest BCUT2D eigenvalue weighted by molar-refractivity contribution is 5.97. The number of alkyl halides is 3. The molecule has 1 fully saturated rings. The van der Waals surface area contributed by atoms with Crippen molar-refractivity contribution in [3.05, 3.63) is 41.5 Å². The third-order valence-corrected chi connectivity index (χ3v) is 5.36. The van der Waals surface area contributed by atoms with Crippen LogP contribution in [-0.2, 0) is 11.0 Å². The Morgan fingerprint density at radius 2 is 1.93 bits per heavy atom. The highest BCUT2D eigenvalue weighted by Gasteiger charge is 2.32. The van der Waals surface area contributed by atoms with Crippen molar-refractivity contribution < 1.29 is 22.8 Å². The molecule has 0 aromatic heterocycles. The van der Waals surface area contributed by atoms with Gasteiger partial charge in [0.15, 0.2) is 0 Å². The Hall–Kier alpha value is -2.35. The van der Waals surface area contributed by atoms with Crippen LogP contribution >= 0.6 is 0 Å². The Kier molecular flexibility index (Phi) is 6.62. The van der Waals surface area contributed by atoms with Crippen molar-refractivity contribution in [3.63, 3.8) is 0 Å². The normalized spacial score (nSPS) is 20.6. The summed E-state index contributed by atoms with van der Waals surface area (Å²) in [6.07, 6.45) is 2.10. The molecule has 1 N–H and O–H groups in total. The van der Waals surface area contributed by atoms with Crippen LogP contribution in [0.5, 0.6) is 0 Å². The first kappa shape index (κ1) is 21.4. The van der Waals surface area contributed by atoms with E-state index in [1.807, 2.05) is 19.2 Å². The zero-order valence-electron chi connectivity index (χ0n) is 16.5. The summed E-state index contributed by atoms with van der Waals surface area (Å²) in [4.78, 5) is 28.8. The van der Waals surface area contributed by atoms with E-state index >= 15 is 0 Å². The van der Waals surface area contributed by atoms with Gasteiger partial charge < -0.3 is 15.1 Å². The molecule has 29 heavy (non-hydrogen) atoms. The van der Waals surface area contributed by atoms with Crippen LogP contribution in [0.1, 0.15) is 41.6 Å². The first-order valence-corrected chi connectivity index (χ1v) is 9.89. The van der Waals surface area contributed by atoms with Gasteiger partial charge >= 0.3 is 6.18 Å². The van der Waals surface area contributed by atoms with Gasteiger partial charge in [-0.05, 0) is 57.0 Å². The minimum Gasteiger partial charge on any atom is -0.337 e. The first-order valence-electron chi connectivity index (χ1n) is 9.89. The molecule has 1 aromatic carbocycles. The molecule has 2 aliphatic rings. The Balaban J connectivity index is 1.80. The number of nitrogens with zero attached hydrogens (tertiary/aromatic N) is 2. The summed E-state index contributed by atoms with van der Waals surface area (Å²) in [5.74, 6) is -0.688. The fourth-order valence-corrected chi connectivity index (χ4v) is 3.73. The van der Waals surface area contributed by atoms with Gasteiger partial charge in [-0.1, -0.05) is 12.2 Å². The number of rotatable bonds is 4. The number of benzene rings is 1. The number of carbonyl (C=O) groups is 2. The van der Waals surface area contributed by atoms with Crippen LogP contribution < -0.4 is 5.32 Å². The quantitative estimate of drug-likeness (QED) is 0.770. The molecule has 1 unspecified atom stereocenters. The molecular formula is C21H26F3N3O2. The third-order valence-electron chi connectivity index (χ3n) is 5.36. The van der Waals surface area contributed by atoms with Crippen LogP contribution in [0.15, 0.2) is 30.4 Å². The predicted molar refractivity (Wildman–Crippen MR) is 105 cm³/mol. The molecule has 1 aliphatic carbocycles. The van der Waals surface area contributed by atoms with Crippen LogP contribution in [-0.4, -0.2) is 54.8 Å². The molecule has 1 atom stereocenters. The highest BCUT2D eigenvalue weighted by Crippen LogP contribution is 2.32. The summed E-state index contributed by atoms with van der Waals surface area (Å²) >= 11 is 0. The average molecular weight is 409 g/mol. The van der Waals surface area contributed by atoms with Crippen molar-refractivity contribution in [3.8, 4) is 0 Å². The Morgan fingerprint density at radius 3 is 2.62 bits per heavy atom. The first-order chi connectivity index (χ1) is 13.7. The topological polar surface area (TPSA) is 52.6 Å². The van der Waals surface area contributed by atoms with Crippen molar-refractivity contribution >= 4 is 17.5 Å². The van der Waals surface area contributed by atoms with Crippen LogP contribution in [0, 0.1) is 5.92 Å². The van der Waals surface area contributed by atoms with Crippen molar-refractivity contribution in [1.29, 1.82) is 0 Å². The van der Waals surface area contributed by atoms with E-state index in [9.17, 15) is 22.8 Å². The molecule has 0 radical (unpaired) electrons. The van der Waals surface area contributed by atoms with Crippen molar-refractivity contribution in [2.45, 2.75) is 31.9 Å². The van der Waals surface area contributed by atoms with Gasteiger partial charge in [0.05, 0.1) is 5.56 Å². The molecule has 1 saturated heterocycles. The number of amides is 2. The van der Waals surface area contributed by atoms with E-state index in [0.717, 1.165) is 37.9 Å². The summed E-state index contributed by atoms with van der Waals surface area (Å²) in [6, 6.07) is 3.09. The number of halogens is 3. The Labute approximate surface area is 168 Å². The number of allylic oxidation sites excluding steroid dienone is 2. The fourth-order valence-electron chi connectivity index (χ4n) is 3.73. The van der Waals surface area contributed by atoms with Gasteiger partial charge in [0, 0.05) is 37.3 Å². The maximum absolute atomic E-state index is 13.4. The summed E-state index contributed by atoms with van der Waals surface area (Å²) in [5.41, 5.74) is -0.992. The number of hydrogen-bond acceptors (Lipinski definition) is 3. The van der Waals surface area contributed by atoms with Crippen LogP contribution in [0.4, 0.5) is 18.9 Å². The smallest absolute Gasteiger partial charge is 0.337 e. The van der Waals surface area contributed by atoms with E-state index < -0.39 is 17.6 Å². The standard InChI is InChI=1S/C21H26F3N3O2/c1-26-7-4-8-27(10-9-26)20(29)16-12-17(21(22,23)24)14-18(13-16)25-19(28)11-15-5-2-3-6-15/h2,5,12-15H,3-4,6-11H2,1H3,(H,25,28). The van der Waals surface area contributed by atoms with Gasteiger partial charge in [-0.3, -0.25) is 9.59 Å². The molecule has 8 heteroatoms. The van der Waals surface area contributed by atoms with E-state index in [-0.39, 0.29) is 29.5 Å². The lowest BCUT2D eigenvalue weighted by Crippen LogP contribution is -2.34. The predicted octanol–water partition coefficient (Wildman–Crippen LogP) is 3.78. The SMILES string of the molecule is CN1CCCN(C(=O)c2cc(NC(=O)CC3C=CCC3)cc(C(F)(F)F)c2)CC1. The van der Waals surface area contributed by atoms with E-state index in [1.54, 1.807) is 4.90 Å². The summed E-state index contributed by atoms with van der Waals surface area (Å²) in [5, 5.41) is 2.55. The van der Waals surface area contributed by atoms with E-state index in [1.165, 1.54) is 6.07 Å². The molecule has 0 spiro atoms. The molecule has 158 valence electrons. The van der Waals surface area contributed by atoms with Crippen LogP contribution in [0.25, 0.3) is 0 Å². The number of hydrogen-bond donors (Lipinski definition) is 1. The summed E-state index contributed by atoms with van der Waals surface area (Å²) in [7, 11) is 1.95. The van der Waals surface area contributed by atoms with Gasteiger partial charge in [-0.2, -0.15) is 13.2 Å². The molecule has 1 aliphatic heterocycles. The van der Waals surface area contributed by atoms with Crippen LogP contribution in [0.3, 0.4) is 0 Å². The molecule has 0 bridgehead atoms. The van der Waals surface area contributed by atoms with Crippen LogP contribution in [0.2, 0.25) is 0 Å². The van der Waals surface area contributed by atoms with E-state index in [4.69, 9.17) is 0 Å². The molecular weight excluding hydrogens is 383 g/mol. The number of likely N-dealkylation sites (N-methyl/N-ethyl adjacent to an activating group) is 1. The van der Waals surface area contributed by atoms with Gasteiger partial charge in [-0.15, -0.1) is 0 Å². The lowest BCUT2D eigenvalue weighted by Gasteiger charge is -2.22. The second-order valence-corrected chi connectivity index (χ2v) is 7.76. The van der Waals surface area contributed by atoms with E-state index in [0.29, 0.717) is 19.6 Å². The number of carbonyl (C=O) groups excluding carboxylic acids is 2. The largest absolute Gasteiger partial charge is 0.416 e. The number of nitrogens with one attached hydrogen (secondary N) is 1. The lowest BCUT2D eigenvalue weighted by molar-refractivity contribution is -0.137. The van der Waals surface area contributed by atoms with E-state index in [2.05, 4.69) is 10.2 Å². The molecule has 5 nitrogen and oxygen atoms in total. The van der Waals surface area contributed by atoms with Crippen molar-refractivity contribution in [1.82, 2.24) is 9.80 Å². The lowest BCUT2D eigenvalue weighted by atomic mass is 10.0. The zero-order chi connectivity index (χ0) is 21.0. The molecule has 1 aromatic rings. The van der Waals surface area contributed by atoms with Gasteiger partial charge in [0.2, 0.25) is 5.91 Å². The summed E-state index contributed by atoms with van der Waals surface area (Å²) < 4.78 is 40.1. The van der Waals surface area contributed by atoms with Crippen molar-refractivity contribution in [2.24, 2.45) is 5.92 Å². The minimum atomic E-state index is -4.61. The maximum atomic E-state index is 13.4. The fraction of sp³-hybridized carbons (Fsp3) is 0.524. The molecule has 0 saturated carbocycles. The second kappa shape index (κ2) is 8.98. The zero-order valence-corrected chi connectivity index (χ0v) is 16.5. The molecule has 1 heterocycles. The van der Waals surface area contributed by atoms with Crippen molar-refractivity contribution in [2.75, 3.05) is 38.5 Å². The summed E-state index contributed by atoms with van der Waals surface area (Å²) in [6.45, 7) is 2.46. The monoisotopic (exact) mass is 409 g/mol. The highest BCUT2D eigenvalue weighted by atomic mass is 19.4. The maximum Gasteiger partial charge on any atom is 0.416 e. The van der Waals surface area contributed by atoms with Gasteiger partial charge in [-0.25, -0.2) is 0 Å². The second-order valence-electron chi connectivity index (χ2n) is 7.76. The Morgan fingerprint density at radius 1 is 1.14 bits per heavy atom. The average Bonchev–Trinajstić information content (AvgIpc) is 3.06.